The molecule has 9 nitrogen and oxygen atoms in total. The number of carbonyl (C=O) groups is 2. The van der Waals surface area contributed by atoms with E-state index in [1.165, 1.54) is 23.5 Å². The number of hydrogen-bond acceptors (Lipinski definition) is 6. The molecule has 0 radical (unpaired) electrons. The Morgan fingerprint density at radius 3 is 2.42 bits per heavy atom. The number of carboxylic acids is 1. The van der Waals surface area contributed by atoms with Gasteiger partial charge >= 0.3 is 12.0 Å². The summed E-state index contributed by atoms with van der Waals surface area (Å²) in [5.74, 6) is 0.155. The van der Waals surface area contributed by atoms with Gasteiger partial charge in [-0.3, -0.25) is 4.90 Å². The highest BCUT2D eigenvalue weighted by Gasteiger charge is 2.37. The van der Waals surface area contributed by atoms with E-state index in [9.17, 15) is 9.59 Å². The molecule has 0 spiro atoms. The van der Waals surface area contributed by atoms with Crippen LogP contribution in [0.4, 0.5) is 10.5 Å². The number of piperazine rings is 1. The predicted molar refractivity (Wildman–Crippen MR) is 113 cm³/mol. The van der Waals surface area contributed by atoms with Gasteiger partial charge in [-0.1, -0.05) is 18.2 Å². The summed E-state index contributed by atoms with van der Waals surface area (Å²) in [5.41, 5.74) is 2.51. The maximum Gasteiger partial charge on any atom is 0.356 e. The molecule has 9 heteroatoms. The lowest BCUT2D eigenvalue weighted by molar-refractivity contribution is 0.0689. The van der Waals surface area contributed by atoms with Crippen molar-refractivity contribution in [2.24, 2.45) is 11.8 Å². The molecule has 1 aromatic heterocycles. The number of ether oxygens (including phenoxy) is 1. The summed E-state index contributed by atoms with van der Waals surface area (Å²) in [6.07, 6.45) is 1.41. The van der Waals surface area contributed by atoms with Gasteiger partial charge in [0.25, 0.3) is 0 Å². The van der Waals surface area contributed by atoms with Gasteiger partial charge in [0.15, 0.2) is 5.69 Å². The summed E-state index contributed by atoms with van der Waals surface area (Å²) < 4.78 is 6.73. The molecule has 5 rings (SSSR count). The fourth-order valence-corrected chi connectivity index (χ4v) is 4.86. The van der Waals surface area contributed by atoms with Gasteiger partial charge in [0.2, 0.25) is 0 Å². The van der Waals surface area contributed by atoms with Crippen LogP contribution < -0.4 is 4.90 Å². The van der Waals surface area contributed by atoms with Crippen molar-refractivity contribution < 1.29 is 19.4 Å². The topological polar surface area (TPSA) is 91.1 Å². The number of rotatable bonds is 4. The highest BCUT2D eigenvalue weighted by atomic mass is 16.5. The summed E-state index contributed by atoms with van der Waals surface area (Å²) in [5, 5.41) is 12.8. The molecule has 0 saturated carbocycles. The van der Waals surface area contributed by atoms with Crippen molar-refractivity contribution in [3.63, 3.8) is 0 Å². The highest BCUT2D eigenvalue weighted by Crippen LogP contribution is 2.34. The zero-order valence-electron chi connectivity index (χ0n) is 17.4. The lowest BCUT2D eigenvalue weighted by Crippen LogP contribution is -2.49. The van der Waals surface area contributed by atoms with Gasteiger partial charge in [0, 0.05) is 69.5 Å². The van der Waals surface area contributed by atoms with Crippen molar-refractivity contribution in [3.05, 3.63) is 47.8 Å². The zero-order valence-corrected chi connectivity index (χ0v) is 17.4. The zero-order chi connectivity index (χ0) is 21.4. The molecule has 164 valence electrons. The number of para-hydroxylation sites is 1. The molecule has 3 aliphatic rings. The Kier molecular flexibility index (Phi) is 5.37. The second-order valence-corrected chi connectivity index (χ2v) is 8.59. The lowest BCUT2D eigenvalue weighted by Gasteiger charge is -2.35. The minimum absolute atomic E-state index is 0.124. The van der Waals surface area contributed by atoms with Crippen LogP contribution in [0.2, 0.25) is 0 Å². The number of fused-ring (bicyclic) bond motifs is 1. The average Bonchev–Trinajstić information content (AvgIpc) is 3.50. The average molecular weight is 425 g/mol. The van der Waals surface area contributed by atoms with Crippen molar-refractivity contribution in [2.75, 3.05) is 57.4 Å². The molecule has 1 amide bonds. The molecule has 2 atom stereocenters. The predicted octanol–water partition coefficient (Wildman–Crippen LogP) is 1.45. The fraction of sp³-hybridized carbons (Fsp3) is 0.500. The molecule has 0 aliphatic carbocycles. The van der Waals surface area contributed by atoms with E-state index in [1.54, 1.807) is 4.90 Å². The lowest BCUT2D eigenvalue weighted by atomic mass is 10.0. The first-order chi connectivity index (χ1) is 15.1. The Labute approximate surface area is 180 Å². The van der Waals surface area contributed by atoms with Crippen LogP contribution in [0.25, 0.3) is 0 Å². The maximum atomic E-state index is 12.6. The third kappa shape index (κ3) is 4.03. The molecule has 4 heterocycles. The van der Waals surface area contributed by atoms with Crippen molar-refractivity contribution in [1.82, 2.24) is 19.6 Å². The van der Waals surface area contributed by atoms with Crippen LogP contribution in [-0.4, -0.2) is 89.2 Å². The van der Waals surface area contributed by atoms with Gasteiger partial charge in [0.05, 0.1) is 13.2 Å². The highest BCUT2D eigenvalue weighted by molar-refractivity contribution is 5.86. The number of amides is 1. The molecule has 3 aliphatic heterocycles. The van der Waals surface area contributed by atoms with Gasteiger partial charge in [-0.2, -0.15) is 9.78 Å². The monoisotopic (exact) mass is 425 g/mol. The van der Waals surface area contributed by atoms with E-state index >= 15 is 0 Å². The van der Waals surface area contributed by atoms with Crippen LogP contribution >= 0.6 is 0 Å². The van der Waals surface area contributed by atoms with Crippen molar-refractivity contribution in [3.8, 4) is 0 Å². The second kappa shape index (κ2) is 8.32. The van der Waals surface area contributed by atoms with Gasteiger partial charge < -0.3 is 19.6 Å². The summed E-state index contributed by atoms with van der Waals surface area (Å²) in [6, 6.07) is 9.68. The minimum Gasteiger partial charge on any atom is -0.476 e. The molecule has 2 unspecified atom stereocenters. The number of carboxylic acid groups (broad SMARTS) is 1. The largest absolute Gasteiger partial charge is 0.476 e. The van der Waals surface area contributed by atoms with Gasteiger partial charge in [0.1, 0.15) is 0 Å². The molecule has 3 fully saturated rings. The summed E-state index contributed by atoms with van der Waals surface area (Å²) in [4.78, 5) is 30.2. The van der Waals surface area contributed by atoms with E-state index in [2.05, 4.69) is 39.2 Å². The van der Waals surface area contributed by atoms with E-state index in [1.807, 2.05) is 0 Å². The SMILES string of the molecule is O=C(O)c1ccn(C(=O)N2CCN(Cc3ccccc3N3CC4COCC4C3)CC2)n1. The van der Waals surface area contributed by atoms with E-state index in [-0.39, 0.29) is 11.7 Å². The Morgan fingerprint density at radius 1 is 1.03 bits per heavy atom. The van der Waals surface area contributed by atoms with Gasteiger partial charge in [-0.15, -0.1) is 0 Å². The quantitative estimate of drug-likeness (QED) is 0.793. The molecule has 0 bridgehead atoms. The molecule has 31 heavy (non-hydrogen) atoms. The van der Waals surface area contributed by atoms with E-state index in [0.717, 1.165) is 50.6 Å². The van der Waals surface area contributed by atoms with Crippen LogP contribution in [0.3, 0.4) is 0 Å². The van der Waals surface area contributed by atoms with Crippen LogP contribution in [0, 0.1) is 11.8 Å². The van der Waals surface area contributed by atoms with E-state index in [0.29, 0.717) is 24.9 Å². The van der Waals surface area contributed by atoms with Crippen LogP contribution in [-0.2, 0) is 11.3 Å². The normalized spacial score (nSPS) is 23.9. The van der Waals surface area contributed by atoms with E-state index in [4.69, 9.17) is 9.84 Å². The number of hydrogen-bond donors (Lipinski definition) is 1. The molecule has 1 aromatic carbocycles. The first-order valence-corrected chi connectivity index (χ1v) is 10.8. The molecular formula is C22H27N5O4. The third-order valence-electron chi connectivity index (χ3n) is 6.61. The maximum absolute atomic E-state index is 12.6. The van der Waals surface area contributed by atoms with Crippen LogP contribution in [0.1, 0.15) is 16.1 Å². The van der Waals surface area contributed by atoms with Crippen molar-refractivity contribution in [2.45, 2.75) is 6.54 Å². The molecule has 2 aromatic rings. The molecule has 3 saturated heterocycles. The first kappa shape index (κ1) is 20.0. The molecular weight excluding hydrogens is 398 g/mol. The van der Waals surface area contributed by atoms with Gasteiger partial charge in [-0.05, 0) is 17.7 Å². The first-order valence-electron chi connectivity index (χ1n) is 10.8. The number of carbonyl (C=O) groups excluding carboxylic acids is 1. The number of aromatic carboxylic acids is 1. The fourth-order valence-electron chi connectivity index (χ4n) is 4.86. The van der Waals surface area contributed by atoms with Crippen molar-refractivity contribution >= 4 is 17.7 Å². The number of aromatic nitrogens is 2. The summed E-state index contributed by atoms with van der Waals surface area (Å²) in [7, 11) is 0. The van der Waals surface area contributed by atoms with Crippen molar-refractivity contribution in [1.29, 1.82) is 0 Å². The Bertz CT molecular complexity index is 956. The number of benzene rings is 1. The van der Waals surface area contributed by atoms with Crippen LogP contribution in [0.15, 0.2) is 36.5 Å². The smallest absolute Gasteiger partial charge is 0.356 e. The Morgan fingerprint density at radius 2 is 1.74 bits per heavy atom. The van der Waals surface area contributed by atoms with Crippen LogP contribution in [0.5, 0.6) is 0 Å². The summed E-state index contributed by atoms with van der Waals surface area (Å²) >= 11 is 0. The standard InChI is InChI=1S/C22H27N5O4/c28-21(29)19-5-6-27(23-19)22(30)25-9-7-24(8-10-25)11-16-3-1-2-4-20(16)26-12-17-14-31-15-18(17)13-26/h1-6,17-18H,7-15H2,(H,28,29). The minimum atomic E-state index is -1.14. The molecule has 1 N–H and O–H groups in total. The Balaban J connectivity index is 1.19. The number of anilines is 1. The van der Waals surface area contributed by atoms with E-state index < -0.39 is 5.97 Å². The summed E-state index contributed by atoms with van der Waals surface area (Å²) in [6.45, 7) is 7.46. The second-order valence-electron chi connectivity index (χ2n) is 8.59. The van der Waals surface area contributed by atoms with Gasteiger partial charge in [-0.25, -0.2) is 9.59 Å². The third-order valence-corrected chi connectivity index (χ3v) is 6.61. The number of nitrogens with zero attached hydrogens (tertiary/aromatic N) is 5. The Hall–Kier alpha value is -2.91.